The highest BCUT2D eigenvalue weighted by molar-refractivity contribution is 5.66. The second kappa shape index (κ2) is 42.9. The Morgan fingerprint density at radius 3 is 0.978 bits per heavy atom. The number of aliphatic carboxylic acids is 2. The van der Waals surface area contributed by atoms with Crippen molar-refractivity contribution >= 4 is 11.9 Å². The Balaban J connectivity index is 0. The van der Waals surface area contributed by atoms with Gasteiger partial charge in [0.05, 0.1) is 0 Å². The minimum Gasteiger partial charge on any atom is -0.481 e. The molecular weight excluding hydrogens is 568 g/mol. The number of carboxylic acids is 2. The maximum atomic E-state index is 10.4. The molecule has 4 nitrogen and oxygen atoms in total. The molecule has 0 fully saturated rings. The monoisotopic (exact) mass is 645 g/mol. The van der Waals surface area contributed by atoms with E-state index in [2.05, 4.69) is 62.5 Å². The highest BCUT2D eigenvalue weighted by atomic mass is 16.4. The third-order valence-electron chi connectivity index (χ3n) is 8.18. The van der Waals surface area contributed by atoms with Crippen LogP contribution in [-0.2, 0) is 9.59 Å². The second-order valence-electron chi connectivity index (χ2n) is 12.9. The summed E-state index contributed by atoms with van der Waals surface area (Å²) in [6.45, 7) is 4.53. The van der Waals surface area contributed by atoms with Crippen LogP contribution in [0, 0.1) is 0 Å². The van der Waals surface area contributed by atoms with Crippen LogP contribution in [0.1, 0.15) is 206 Å². The highest BCUT2D eigenvalue weighted by Gasteiger charge is 1.97. The van der Waals surface area contributed by atoms with Gasteiger partial charge in [-0.15, -0.1) is 0 Å². The molecule has 0 amide bonds. The van der Waals surface area contributed by atoms with E-state index in [1.54, 1.807) is 0 Å². The zero-order valence-corrected chi connectivity index (χ0v) is 30.5. The molecular formula is C42H76O4. The number of carbonyl (C=O) groups is 2. The summed E-state index contributed by atoms with van der Waals surface area (Å²) in [7, 11) is 0. The molecule has 0 aliphatic rings. The van der Waals surface area contributed by atoms with Gasteiger partial charge >= 0.3 is 11.9 Å². The molecule has 268 valence electrons. The molecule has 0 bridgehead atoms. The number of rotatable bonds is 34. The Kier molecular flexibility index (Phi) is 42.9. The van der Waals surface area contributed by atoms with E-state index in [0.717, 1.165) is 38.5 Å². The maximum absolute atomic E-state index is 10.4. The summed E-state index contributed by atoms with van der Waals surface area (Å²) in [5.74, 6) is -1.36. The van der Waals surface area contributed by atoms with Crippen molar-refractivity contribution in [1.82, 2.24) is 0 Å². The van der Waals surface area contributed by atoms with E-state index in [0.29, 0.717) is 6.42 Å². The van der Waals surface area contributed by atoms with Crippen LogP contribution in [0.5, 0.6) is 0 Å². The lowest BCUT2D eigenvalue weighted by Gasteiger charge is -2.01. The van der Waals surface area contributed by atoms with Gasteiger partial charge in [-0.25, -0.2) is 0 Å². The first-order valence-corrected chi connectivity index (χ1v) is 19.6. The summed E-state index contributed by atoms with van der Waals surface area (Å²) in [5, 5.41) is 17.0. The normalized spacial score (nSPS) is 11.7. The molecule has 0 saturated heterocycles. The van der Waals surface area contributed by atoms with Gasteiger partial charge in [0, 0.05) is 12.8 Å². The largest absolute Gasteiger partial charge is 0.481 e. The molecule has 4 heteroatoms. The van der Waals surface area contributed by atoms with Gasteiger partial charge in [0.2, 0.25) is 0 Å². The molecule has 0 rings (SSSR count). The minimum absolute atomic E-state index is 0.267. The van der Waals surface area contributed by atoms with Crippen LogP contribution in [0.3, 0.4) is 0 Å². The Bertz CT molecular complexity index is 734. The third kappa shape index (κ3) is 48.8. The summed E-state index contributed by atoms with van der Waals surface area (Å²) in [6, 6.07) is 0. The lowest BCUT2D eigenvalue weighted by Crippen LogP contribution is -1.93. The fourth-order valence-electron chi connectivity index (χ4n) is 5.25. The predicted octanol–water partition coefficient (Wildman–Crippen LogP) is 14.1. The number of hydrogen-bond acceptors (Lipinski definition) is 2. The van der Waals surface area contributed by atoms with Crippen molar-refractivity contribution in [3.8, 4) is 0 Å². The SMILES string of the molecule is CCCCCCCC/C=C\CCCCCCCCCCCC(=O)O.CCCCCCCCC=CCC=CCC=CCCCC(=O)O. The van der Waals surface area contributed by atoms with Crippen LogP contribution in [0.25, 0.3) is 0 Å². The average Bonchev–Trinajstić information content (AvgIpc) is 3.03. The summed E-state index contributed by atoms with van der Waals surface area (Å²) in [4.78, 5) is 20.7. The van der Waals surface area contributed by atoms with E-state index in [4.69, 9.17) is 10.2 Å². The molecule has 0 unspecified atom stereocenters. The first-order valence-electron chi connectivity index (χ1n) is 19.6. The second-order valence-corrected chi connectivity index (χ2v) is 12.9. The van der Waals surface area contributed by atoms with Crippen LogP contribution < -0.4 is 0 Å². The van der Waals surface area contributed by atoms with Crippen molar-refractivity contribution in [3.05, 3.63) is 48.6 Å². The van der Waals surface area contributed by atoms with Crippen molar-refractivity contribution in [2.75, 3.05) is 0 Å². The van der Waals surface area contributed by atoms with Gasteiger partial charge in [0.25, 0.3) is 0 Å². The number of hydrogen-bond donors (Lipinski definition) is 2. The van der Waals surface area contributed by atoms with Crippen LogP contribution in [0.2, 0.25) is 0 Å². The molecule has 2 N–H and O–H groups in total. The van der Waals surface area contributed by atoms with Gasteiger partial charge in [0.1, 0.15) is 0 Å². The van der Waals surface area contributed by atoms with Crippen molar-refractivity contribution in [2.45, 2.75) is 206 Å². The maximum Gasteiger partial charge on any atom is 0.303 e. The molecule has 0 aromatic carbocycles. The third-order valence-corrected chi connectivity index (χ3v) is 8.18. The van der Waals surface area contributed by atoms with Gasteiger partial charge in [-0.05, 0) is 70.6 Å². The van der Waals surface area contributed by atoms with E-state index in [-0.39, 0.29) is 6.42 Å². The van der Waals surface area contributed by atoms with Crippen molar-refractivity contribution in [1.29, 1.82) is 0 Å². The Labute approximate surface area is 286 Å². The van der Waals surface area contributed by atoms with Gasteiger partial charge < -0.3 is 10.2 Å². The molecule has 0 aliphatic heterocycles. The molecule has 0 aliphatic carbocycles. The molecule has 0 heterocycles. The van der Waals surface area contributed by atoms with Gasteiger partial charge in [-0.3, -0.25) is 9.59 Å². The number of unbranched alkanes of at least 4 members (excludes halogenated alkanes) is 22. The van der Waals surface area contributed by atoms with E-state index in [1.807, 2.05) is 0 Å². The van der Waals surface area contributed by atoms with Gasteiger partial charge in [-0.2, -0.15) is 0 Å². The first-order chi connectivity index (χ1) is 22.5. The Morgan fingerprint density at radius 2 is 0.609 bits per heavy atom. The highest BCUT2D eigenvalue weighted by Crippen LogP contribution is 2.12. The van der Waals surface area contributed by atoms with Crippen LogP contribution in [-0.4, -0.2) is 22.2 Å². The number of allylic oxidation sites excluding steroid dienone is 8. The predicted molar refractivity (Wildman–Crippen MR) is 202 cm³/mol. The van der Waals surface area contributed by atoms with E-state index in [9.17, 15) is 9.59 Å². The smallest absolute Gasteiger partial charge is 0.303 e. The number of carboxylic acid groups (broad SMARTS) is 2. The topological polar surface area (TPSA) is 74.6 Å². The molecule has 0 atom stereocenters. The lowest BCUT2D eigenvalue weighted by molar-refractivity contribution is -0.138. The zero-order chi connectivity index (χ0) is 34.0. The lowest BCUT2D eigenvalue weighted by atomic mass is 10.1. The summed E-state index contributed by atoms with van der Waals surface area (Å²) in [6.07, 6.45) is 53.4. The molecule has 0 spiro atoms. The molecule has 0 saturated carbocycles. The Morgan fingerprint density at radius 1 is 0.348 bits per heavy atom. The molecule has 0 radical (unpaired) electrons. The van der Waals surface area contributed by atoms with Crippen LogP contribution >= 0.6 is 0 Å². The fourth-order valence-corrected chi connectivity index (χ4v) is 5.25. The fraction of sp³-hybridized carbons (Fsp3) is 0.762. The van der Waals surface area contributed by atoms with Crippen LogP contribution in [0.4, 0.5) is 0 Å². The van der Waals surface area contributed by atoms with Gasteiger partial charge in [-0.1, -0.05) is 172 Å². The van der Waals surface area contributed by atoms with E-state index < -0.39 is 11.9 Å². The average molecular weight is 645 g/mol. The first kappa shape index (κ1) is 46.0. The van der Waals surface area contributed by atoms with Crippen molar-refractivity contribution in [3.63, 3.8) is 0 Å². The molecule has 46 heavy (non-hydrogen) atoms. The van der Waals surface area contributed by atoms with E-state index in [1.165, 1.54) is 141 Å². The van der Waals surface area contributed by atoms with Gasteiger partial charge in [0.15, 0.2) is 0 Å². The summed E-state index contributed by atoms with van der Waals surface area (Å²) >= 11 is 0. The minimum atomic E-state index is -0.707. The molecule has 0 aromatic heterocycles. The Hall–Kier alpha value is -2.10. The summed E-state index contributed by atoms with van der Waals surface area (Å²) in [5.41, 5.74) is 0. The molecule has 0 aromatic rings. The van der Waals surface area contributed by atoms with Crippen molar-refractivity contribution < 1.29 is 19.8 Å². The van der Waals surface area contributed by atoms with Crippen molar-refractivity contribution in [2.24, 2.45) is 0 Å². The summed E-state index contributed by atoms with van der Waals surface area (Å²) < 4.78 is 0. The van der Waals surface area contributed by atoms with Crippen LogP contribution in [0.15, 0.2) is 48.6 Å². The quantitative estimate of drug-likeness (QED) is 0.0540. The zero-order valence-electron chi connectivity index (χ0n) is 30.5. The van der Waals surface area contributed by atoms with E-state index >= 15 is 0 Å². The standard InChI is InChI=1S/C22H42O2.C20H34O2/c1-2-3-4-5-6-7-8-9-10-11-12-13-14-15-16-17-18-19-20-21-22(23)24;1-2-3-4-5-6-7-8-9-10-11-12-13-14-15-16-17-18-19-20(21)22/h9-10H,2-8,11-21H2,1H3,(H,23,24);9-10,12-13,15-16H,2-8,11,14,17-19H2,1H3,(H,21,22)/b10-9-;.